The number of rotatable bonds is 1. The van der Waals surface area contributed by atoms with E-state index in [1.165, 1.54) is 54.8 Å². The fraction of sp³-hybridized carbons (Fsp3) is 0.182. The van der Waals surface area contributed by atoms with Crippen LogP contribution in [0.4, 0.5) is 0 Å². The van der Waals surface area contributed by atoms with Gasteiger partial charge in [0.25, 0.3) is 0 Å². The molecule has 134 valence electrons. The van der Waals surface area contributed by atoms with E-state index >= 15 is 0 Å². The van der Waals surface area contributed by atoms with Gasteiger partial charge in [0.15, 0.2) is 0 Å². The van der Waals surface area contributed by atoms with Crippen molar-refractivity contribution in [3.8, 4) is 11.1 Å². The van der Waals surface area contributed by atoms with Crippen LogP contribution < -0.4 is 27.3 Å². The summed E-state index contributed by atoms with van der Waals surface area (Å²) in [7, 11) is 11.2. The van der Waals surface area contributed by atoms with Gasteiger partial charge in [0, 0.05) is 21.9 Å². The minimum atomic E-state index is 0.0381. The Bertz CT molecular complexity index is 1220. The molecule has 1 aromatic heterocycles. The topological polar surface area (TPSA) is 13.1 Å². The predicted octanol–water partition coefficient (Wildman–Crippen LogP) is -2.16. The highest BCUT2D eigenvalue weighted by Crippen LogP contribution is 2.39. The number of hydrogen-bond acceptors (Lipinski definition) is 1. The number of para-hydroxylation sites is 2. The molecule has 0 N–H and O–H groups in total. The van der Waals surface area contributed by atoms with E-state index in [4.69, 9.17) is 4.42 Å². The molecule has 0 fully saturated rings. The molecule has 0 bridgehead atoms. The molecular weight excluding hydrogens is 334 g/mol. The molecular formula is C22H25B5O. The molecule has 0 unspecified atom stereocenters. The lowest BCUT2D eigenvalue weighted by Gasteiger charge is -2.20. The van der Waals surface area contributed by atoms with E-state index in [2.05, 4.69) is 96.4 Å². The molecule has 0 radical (unpaired) electrons. The van der Waals surface area contributed by atoms with Crippen LogP contribution in [0.5, 0.6) is 0 Å². The number of furan rings is 1. The van der Waals surface area contributed by atoms with E-state index in [0.717, 1.165) is 11.2 Å². The molecule has 1 nitrogen and oxygen atoms in total. The van der Waals surface area contributed by atoms with E-state index in [-0.39, 0.29) is 5.41 Å². The lowest BCUT2D eigenvalue weighted by Crippen LogP contribution is -2.55. The lowest BCUT2D eigenvalue weighted by atomic mass is 9.59. The third kappa shape index (κ3) is 2.69. The summed E-state index contributed by atoms with van der Waals surface area (Å²) in [6, 6.07) is 13.1. The van der Waals surface area contributed by atoms with Crippen LogP contribution in [0.25, 0.3) is 33.1 Å². The molecule has 4 rings (SSSR count). The Morgan fingerprint density at radius 2 is 1.14 bits per heavy atom. The Labute approximate surface area is 172 Å². The van der Waals surface area contributed by atoms with E-state index in [0.29, 0.717) is 0 Å². The van der Waals surface area contributed by atoms with Crippen LogP contribution >= 0.6 is 0 Å². The lowest BCUT2D eigenvalue weighted by molar-refractivity contribution is 0.573. The highest BCUT2D eigenvalue weighted by molar-refractivity contribution is 6.68. The number of fused-ring (bicyclic) bond motifs is 3. The van der Waals surface area contributed by atoms with Gasteiger partial charge in [0.1, 0.15) is 50.4 Å². The molecule has 0 spiro atoms. The van der Waals surface area contributed by atoms with E-state index in [1.54, 1.807) is 0 Å². The van der Waals surface area contributed by atoms with Gasteiger partial charge in [-0.3, -0.25) is 0 Å². The molecule has 3 aromatic carbocycles. The molecule has 0 aliphatic heterocycles. The second-order valence-electron chi connectivity index (χ2n) is 9.22. The van der Waals surface area contributed by atoms with Gasteiger partial charge in [0.2, 0.25) is 0 Å². The molecule has 6 heteroatoms. The quantitative estimate of drug-likeness (QED) is 0.353. The Morgan fingerprint density at radius 3 is 1.71 bits per heavy atom. The van der Waals surface area contributed by atoms with Gasteiger partial charge in [-0.2, -0.15) is 0 Å². The fourth-order valence-corrected chi connectivity index (χ4v) is 4.51. The third-order valence-electron chi connectivity index (χ3n) is 6.60. The van der Waals surface area contributed by atoms with Gasteiger partial charge >= 0.3 is 0 Å². The van der Waals surface area contributed by atoms with Crippen molar-refractivity contribution in [2.24, 2.45) is 0 Å². The first-order valence-electron chi connectivity index (χ1n) is 10.1. The van der Waals surface area contributed by atoms with Crippen molar-refractivity contribution >= 4 is 88.5 Å². The largest absolute Gasteiger partial charge is 0.455 e. The van der Waals surface area contributed by atoms with Crippen LogP contribution in [0.2, 0.25) is 0 Å². The van der Waals surface area contributed by atoms with Crippen LogP contribution in [0.15, 0.2) is 40.8 Å². The summed E-state index contributed by atoms with van der Waals surface area (Å²) in [5, 5.41) is 2.41. The second-order valence-corrected chi connectivity index (χ2v) is 9.22. The van der Waals surface area contributed by atoms with Crippen LogP contribution in [-0.4, -0.2) is 39.2 Å². The summed E-state index contributed by atoms with van der Waals surface area (Å²) in [6.07, 6.45) is 0. The molecule has 4 aromatic rings. The average Bonchev–Trinajstić information content (AvgIpc) is 3.03. The molecule has 0 saturated carbocycles. The molecule has 28 heavy (non-hydrogen) atoms. The fourth-order valence-electron chi connectivity index (χ4n) is 4.51. The minimum absolute atomic E-state index is 0.0381. The standard InChI is InChI=1S/C22H25B5O/c1-22(2,3)13-9-5-7-11-10-6-4-8-12(20(10)28-21(11)13)14-15(23)17(25)19(27)18(26)16(14)24/h4-9H,23-27H2,1-3H3. The molecule has 0 aliphatic carbocycles. The second kappa shape index (κ2) is 6.41. The van der Waals surface area contributed by atoms with Gasteiger partial charge in [-0.25, -0.2) is 0 Å². The van der Waals surface area contributed by atoms with Gasteiger partial charge in [0.05, 0.1) is 0 Å². The monoisotopic (exact) mass is 360 g/mol. The Kier molecular flexibility index (Phi) is 4.37. The van der Waals surface area contributed by atoms with E-state index < -0.39 is 0 Å². The minimum Gasteiger partial charge on any atom is -0.455 e. The Morgan fingerprint density at radius 1 is 0.643 bits per heavy atom. The first kappa shape index (κ1) is 19.1. The van der Waals surface area contributed by atoms with Crippen LogP contribution in [0.1, 0.15) is 26.3 Å². The average molecular weight is 360 g/mol. The van der Waals surface area contributed by atoms with Crippen molar-refractivity contribution in [2.75, 3.05) is 0 Å². The summed E-state index contributed by atoms with van der Waals surface area (Å²) in [5.74, 6) is 0. The van der Waals surface area contributed by atoms with Crippen molar-refractivity contribution in [1.29, 1.82) is 0 Å². The normalized spacial score (nSPS) is 12.1. The zero-order chi connectivity index (χ0) is 20.4. The maximum Gasteiger partial charge on any atom is 0.143 e. The summed E-state index contributed by atoms with van der Waals surface area (Å²) >= 11 is 0. The number of benzene rings is 3. The predicted molar refractivity (Wildman–Crippen MR) is 139 cm³/mol. The maximum atomic E-state index is 6.62. The Hall–Kier alpha value is -2.22. The Balaban J connectivity index is 2.15. The maximum absolute atomic E-state index is 6.62. The van der Waals surface area contributed by atoms with Crippen molar-refractivity contribution in [3.05, 3.63) is 42.0 Å². The number of hydrogen-bond donors (Lipinski definition) is 0. The van der Waals surface area contributed by atoms with Gasteiger partial charge in [-0.05, 0) is 11.0 Å². The highest BCUT2D eigenvalue weighted by atomic mass is 16.3. The summed E-state index contributed by atoms with van der Waals surface area (Å²) in [6.45, 7) is 6.74. The van der Waals surface area contributed by atoms with E-state index in [9.17, 15) is 0 Å². The van der Waals surface area contributed by atoms with Crippen molar-refractivity contribution < 1.29 is 4.42 Å². The molecule has 1 heterocycles. The zero-order valence-electron chi connectivity index (χ0n) is 18.4. The van der Waals surface area contributed by atoms with Gasteiger partial charge in [-0.15, -0.1) is 16.4 Å². The molecule has 0 atom stereocenters. The van der Waals surface area contributed by atoms with Crippen molar-refractivity contribution in [3.63, 3.8) is 0 Å². The van der Waals surface area contributed by atoms with E-state index in [1.807, 2.05) is 0 Å². The highest BCUT2D eigenvalue weighted by Gasteiger charge is 2.22. The third-order valence-corrected chi connectivity index (χ3v) is 6.60. The summed E-state index contributed by atoms with van der Waals surface area (Å²) in [4.78, 5) is 0. The van der Waals surface area contributed by atoms with Gasteiger partial charge in [-0.1, -0.05) is 68.1 Å². The first-order valence-corrected chi connectivity index (χ1v) is 10.1. The van der Waals surface area contributed by atoms with Crippen molar-refractivity contribution in [2.45, 2.75) is 26.2 Å². The zero-order valence-corrected chi connectivity index (χ0v) is 18.4. The van der Waals surface area contributed by atoms with Crippen molar-refractivity contribution in [1.82, 2.24) is 0 Å². The summed E-state index contributed by atoms with van der Waals surface area (Å²) < 4.78 is 6.62. The molecule has 0 aliphatic rings. The molecule has 0 amide bonds. The van der Waals surface area contributed by atoms with Crippen LogP contribution in [-0.2, 0) is 5.41 Å². The molecule has 0 saturated heterocycles. The smallest absolute Gasteiger partial charge is 0.143 e. The van der Waals surface area contributed by atoms with Gasteiger partial charge < -0.3 is 4.42 Å². The summed E-state index contributed by atoms with van der Waals surface area (Å²) in [5.41, 5.74) is 12.7. The van der Waals surface area contributed by atoms with Crippen LogP contribution in [0, 0.1) is 0 Å². The SMILES string of the molecule is Bc1c(B)c(B)c(-c2cccc3c2oc2c(C(C)(C)C)cccc23)c(B)c1B. The van der Waals surface area contributed by atoms with Crippen LogP contribution in [0.3, 0.4) is 0 Å². The first-order chi connectivity index (χ1) is 13.1.